The van der Waals surface area contributed by atoms with Crippen LogP contribution < -0.4 is 10.6 Å². The summed E-state index contributed by atoms with van der Waals surface area (Å²) in [5, 5.41) is 15.9. The van der Waals surface area contributed by atoms with Gasteiger partial charge in [0.25, 0.3) is 5.91 Å². The van der Waals surface area contributed by atoms with Gasteiger partial charge in [-0.1, -0.05) is 109 Å². The van der Waals surface area contributed by atoms with E-state index in [2.05, 4.69) is 10.6 Å². The maximum absolute atomic E-state index is 13.6. The number of aliphatic carboxylic acids is 1. The molecule has 3 amide bonds. The number of nitrogens with one attached hydrogen (secondary N) is 2. The Balaban J connectivity index is 1.47. The van der Waals surface area contributed by atoms with Crippen molar-refractivity contribution in [1.29, 1.82) is 0 Å². The number of hydrogen-bond donors (Lipinski definition) is 3. The van der Waals surface area contributed by atoms with E-state index < -0.39 is 29.6 Å². The molecule has 0 bridgehead atoms. The second kappa shape index (κ2) is 12.7. The van der Waals surface area contributed by atoms with Crippen molar-refractivity contribution in [1.82, 2.24) is 15.5 Å². The number of nitrogens with zero attached hydrogens (tertiary/aromatic N) is 1. The lowest BCUT2D eigenvalue weighted by Gasteiger charge is -2.40. The molecule has 224 valence electrons. The summed E-state index contributed by atoms with van der Waals surface area (Å²) in [5.74, 6) is -2.32. The molecule has 2 unspecified atom stereocenters. The Morgan fingerprint density at radius 1 is 0.886 bits per heavy atom. The summed E-state index contributed by atoms with van der Waals surface area (Å²) in [6, 6.07) is 28.9. The van der Waals surface area contributed by atoms with Gasteiger partial charge in [0.2, 0.25) is 11.8 Å². The fourth-order valence-electron chi connectivity index (χ4n) is 5.89. The summed E-state index contributed by atoms with van der Waals surface area (Å²) in [7, 11) is 0. The quantitative estimate of drug-likeness (QED) is 0.251. The molecule has 3 N–H and O–H groups in total. The summed E-state index contributed by atoms with van der Waals surface area (Å²) in [4.78, 5) is 53.6. The lowest BCUT2D eigenvalue weighted by Crippen LogP contribution is -2.53. The Kier molecular flexibility index (Phi) is 8.83. The van der Waals surface area contributed by atoms with E-state index in [9.17, 15) is 24.3 Å². The van der Waals surface area contributed by atoms with E-state index in [0.29, 0.717) is 28.7 Å². The van der Waals surface area contributed by atoms with Gasteiger partial charge in [0, 0.05) is 30.9 Å². The molecule has 0 saturated carbocycles. The summed E-state index contributed by atoms with van der Waals surface area (Å²) in [5.41, 5.74) is 2.48. The van der Waals surface area contributed by atoms with Crippen LogP contribution in [0.15, 0.2) is 103 Å². The number of aryl methyl sites for hydroxylation is 1. The van der Waals surface area contributed by atoms with E-state index in [4.69, 9.17) is 11.6 Å². The largest absolute Gasteiger partial charge is 0.480 e. The third-order valence-electron chi connectivity index (χ3n) is 7.95. The molecule has 8 nitrogen and oxygen atoms in total. The third-order valence-corrected chi connectivity index (χ3v) is 8.26. The molecular weight excluding hydrogens is 578 g/mol. The van der Waals surface area contributed by atoms with Gasteiger partial charge in [-0.15, -0.1) is 0 Å². The van der Waals surface area contributed by atoms with Crippen LogP contribution in [0.2, 0.25) is 5.02 Å². The Hall–Kier alpha value is -4.95. The van der Waals surface area contributed by atoms with Crippen LogP contribution >= 0.6 is 11.6 Å². The fraction of sp³-hybridized carbons (Fsp3) is 0.200. The Bertz CT molecular complexity index is 1670. The van der Waals surface area contributed by atoms with Gasteiger partial charge >= 0.3 is 5.97 Å². The first-order valence-corrected chi connectivity index (χ1v) is 14.6. The Labute approximate surface area is 260 Å². The van der Waals surface area contributed by atoms with E-state index >= 15 is 0 Å². The van der Waals surface area contributed by atoms with Crippen LogP contribution in [-0.2, 0) is 32.9 Å². The predicted octanol–water partition coefficient (Wildman–Crippen LogP) is 4.86. The van der Waals surface area contributed by atoms with Crippen molar-refractivity contribution in [3.8, 4) is 0 Å². The number of carboxylic acids is 1. The zero-order valence-corrected chi connectivity index (χ0v) is 25.0. The monoisotopic (exact) mass is 609 g/mol. The second-order valence-corrected chi connectivity index (χ2v) is 11.3. The first-order valence-electron chi connectivity index (χ1n) is 14.2. The van der Waals surface area contributed by atoms with Gasteiger partial charge in [-0.05, 0) is 29.7 Å². The zero-order valence-electron chi connectivity index (χ0n) is 24.3. The van der Waals surface area contributed by atoms with Gasteiger partial charge < -0.3 is 15.7 Å². The molecule has 1 heterocycles. The highest BCUT2D eigenvalue weighted by atomic mass is 35.5. The normalized spacial score (nSPS) is 18.4. The molecule has 1 fully saturated rings. The maximum Gasteiger partial charge on any atom is 0.326 e. The van der Waals surface area contributed by atoms with E-state index in [1.54, 1.807) is 54.3 Å². The molecule has 4 aromatic carbocycles. The number of carbonyl (C=O) groups excluding carboxylic acids is 3. The summed E-state index contributed by atoms with van der Waals surface area (Å²) in [6.07, 6.45) is 0.340. The molecule has 0 aliphatic carbocycles. The molecule has 0 spiro atoms. The minimum Gasteiger partial charge on any atom is -0.480 e. The lowest BCUT2D eigenvalue weighted by molar-refractivity contribution is -0.139. The molecule has 5 rings (SSSR count). The van der Waals surface area contributed by atoms with E-state index in [1.165, 1.54) is 6.92 Å². The number of halogens is 1. The zero-order chi connectivity index (χ0) is 31.4. The predicted molar refractivity (Wildman–Crippen MR) is 167 cm³/mol. The SMILES string of the molecule is CC(=O)N1C(Cc2ccccc2)C(=O)NC1(c1ccccc1)c1ccc(C[C@H](NC(=O)c2c(C)cccc2Cl)C(=O)O)cc1. The van der Waals surface area contributed by atoms with Gasteiger partial charge in [-0.2, -0.15) is 0 Å². The molecule has 44 heavy (non-hydrogen) atoms. The smallest absolute Gasteiger partial charge is 0.326 e. The molecule has 0 radical (unpaired) electrons. The lowest BCUT2D eigenvalue weighted by atomic mass is 9.88. The van der Waals surface area contributed by atoms with Crippen LogP contribution in [0, 0.1) is 6.92 Å². The van der Waals surface area contributed by atoms with E-state index in [0.717, 1.165) is 5.56 Å². The van der Waals surface area contributed by atoms with Crippen LogP contribution in [-0.4, -0.2) is 45.8 Å². The molecule has 4 aromatic rings. The first kappa shape index (κ1) is 30.5. The van der Waals surface area contributed by atoms with E-state index in [-0.39, 0.29) is 28.8 Å². The van der Waals surface area contributed by atoms with E-state index in [1.807, 2.05) is 60.7 Å². The minimum atomic E-state index is -1.29. The van der Waals surface area contributed by atoms with Crippen molar-refractivity contribution in [3.05, 3.63) is 142 Å². The molecular formula is C35H32ClN3O5. The van der Waals surface area contributed by atoms with Crippen molar-refractivity contribution >= 4 is 35.3 Å². The number of rotatable bonds is 9. The van der Waals surface area contributed by atoms with Gasteiger partial charge in [0.1, 0.15) is 12.1 Å². The van der Waals surface area contributed by atoms with Gasteiger partial charge in [0.15, 0.2) is 5.66 Å². The van der Waals surface area contributed by atoms with Gasteiger partial charge in [0.05, 0.1) is 10.6 Å². The number of carboxylic acid groups (broad SMARTS) is 1. The fourth-order valence-corrected chi connectivity index (χ4v) is 6.19. The third kappa shape index (κ3) is 5.94. The number of hydrogen-bond acceptors (Lipinski definition) is 4. The first-order chi connectivity index (χ1) is 21.1. The molecule has 1 aliphatic heterocycles. The highest BCUT2D eigenvalue weighted by molar-refractivity contribution is 6.34. The van der Waals surface area contributed by atoms with Crippen LogP contribution in [0.25, 0.3) is 0 Å². The summed E-state index contributed by atoms with van der Waals surface area (Å²) >= 11 is 6.22. The highest BCUT2D eigenvalue weighted by Gasteiger charge is 2.54. The Morgan fingerprint density at radius 2 is 1.50 bits per heavy atom. The summed E-state index contributed by atoms with van der Waals surface area (Å²) < 4.78 is 0. The van der Waals surface area contributed by atoms with Crippen molar-refractivity contribution in [2.24, 2.45) is 0 Å². The van der Waals surface area contributed by atoms with Crippen molar-refractivity contribution in [2.45, 2.75) is 44.4 Å². The van der Waals surface area contributed by atoms with Crippen LogP contribution in [0.1, 0.15) is 45.1 Å². The van der Waals surface area contributed by atoms with Crippen LogP contribution in [0.5, 0.6) is 0 Å². The van der Waals surface area contributed by atoms with Gasteiger partial charge in [-0.25, -0.2) is 4.79 Å². The van der Waals surface area contributed by atoms with Crippen LogP contribution in [0.4, 0.5) is 0 Å². The van der Waals surface area contributed by atoms with Crippen molar-refractivity contribution in [3.63, 3.8) is 0 Å². The minimum absolute atomic E-state index is 0.00258. The molecule has 3 atom stereocenters. The summed E-state index contributed by atoms with van der Waals surface area (Å²) in [6.45, 7) is 3.18. The molecule has 1 aliphatic rings. The van der Waals surface area contributed by atoms with Crippen molar-refractivity contribution in [2.75, 3.05) is 0 Å². The average molecular weight is 610 g/mol. The highest BCUT2D eigenvalue weighted by Crippen LogP contribution is 2.40. The molecule has 1 saturated heterocycles. The Morgan fingerprint density at radius 3 is 2.09 bits per heavy atom. The topological polar surface area (TPSA) is 116 Å². The standard InChI is InChI=1S/C35H32ClN3O5/c1-22-10-9-15-28(36)31(22)33(42)37-29(34(43)44)20-25-16-18-27(19-17-25)35(26-13-7-4-8-14-26)38-32(41)30(39(35)23(2)40)21-24-11-5-3-6-12-24/h3-19,29-30H,20-21H2,1-2H3,(H,37,42)(H,38,41)(H,43,44)/t29-,30?,35?/m0/s1. The van der Waals surface area contributed by atoms with Crippen LogP contribution in [0.3, 0.4) is 0 Å². The van der Waals surface area contributed by atoms with Crippen molar-refractivity contribution < 1.29 is 24.3 Å². The number of carbonyl (C=O) groups is 4. The molecule has 9 heteroatoms. The van der Waals surface area contributed by atoms with Gasteiger partial charge in [-0.3, -0.25) is 19.3 Å². The molecule has 0 aromatic heterocycles. The second-order valence-electron chi connectivity index (χ2n) is 10.9. The maximum atomic E-state index is 13.6. The number of benzene rings is 4. The number of amides is 3. The average Bonchev–Trinajstić information content (AvgIpc) is 3.30.